The van der Waals surface area contributed by atoms with Gasteiger partial charge in [0.05, 0.1) is 42.1 Å². The van der Waals surface area contributed by atoms with Gasteiger partial charge in [0.25, 0.3) is 0 Å². The lowest BCUT2D eigenvalue weighted by atomic mass is 9.72. The molecule has 0 unspecified atom stereocenters. The summed E-state index contributed by atoms with van der Waals surface area (Å²) >= 11 is 0. The third-order valence-electron chi connectivity index (χ3n) is 11.2. The molecule has 3 saturated heterocycles. The molecular weight excluding hydrogens is 703 g/mol. The molecule has 14 heteroatoms. The topological polar surface area (TPSA) is 156 Å². The predicted molar refractivity (Wildman–Crippen MR) is 195 cm³/mol. The first-order valence-electron chi connectivity index (χ1n) is 18.7. The van der Waals surface area contributed by atoms with Gasteiger partial charge in [0.2, 0.25) is 0 Å². The molecule has 300 valence electrons. The van der Waals surface area contributed by atoms with Gasteiger partial charge in [0.1, 0.15) is 12.0 Å². The molecule has 3 fully saturated rings. The van der Waals surface area contributed by atoms with E-state index in [2.05, 4.69) is 11.9 Å². The van der Waals surface area contributed by atoms with Crippen molar-refractivity contribution in [2.45, 2.75) is 134 Å². The second-order valence-corrected chi connectivity index (χ2v) is 15.8. The summed E-state index contributed by atoms with van der Waals surface area (Å²) in [6.45, 7) is 15.7. The number of alkyl halides is 1. The molecule has 3 heterocycles. The van der Waals surface area contributed by atoms with Crippen LogP contribution in [-0.4, -0.2) is 115 Å². The maximum absolute atomic E-state index is 17.3. The zero-order chi connectivity index (χ0) is 40.3. The van der Waals surface area contributed by atoms with Crippen molar-refractivity contribution < 1.29 is 56.8 Å². The van der Waals surface area contributed by atoms with E-state index in [9.17, 15) is 24.0 Å². The Morgan fingerprint density at radius 3 is 2.30 bits per heavy atom. The van der Waals surface area contributed by atoms with Crippen molar-refractivity contribution in [1.82, 2.24) is 10.2 Å². The number of esters is 2. The molecule has 1 N–H and O–H groups in total. The quantitative estimate of drug-likeness (QED) is 0.156. The van der Waals surface area contributed by atoms with Gasteiger partial charge in [-0.15, -0.1) is 6.58 Å². The number of ketones is 2. The number of alkyl carbamates (subject to hydrolysis) is 1. The van der Waals surface area contributed by atoms with E-state index in [1.54, 1.807) is 37.3 Å². The SMILES string of the molecule is C=CCO[C@]1(C)C[C@](C)(F)C(=O)[C@@H](C)[C@H]2NC(=O)O[C@]2(C)[C@@H](CC)OC(=O)[C@H](C)C(=O)[C@H](C)[C@H]1O[C@@H]1O[C@H](C)C[C@H](N(C)C)[C@H]1OC(=O)c1ccccc1. The average molecular weight is 761 g/mol. The van der Waals surface area contributed by atoms with Crippen LogP contribution in [0, 0.1) is 17.8 Å². The number of benzene rings is 1. The van der Waals surface area contributed by atoms with E-state index >= 15 is 4.39 Å². The van der Waals surface area contributed by atoms with Crippen molar-refractivity contribution in [3.63, 3.8) is 0 Å². The van der Waals surface area contributed by atoms with E-state index in [-0.39, 0.29) is 13.0 Å². The number of fused-ring (bicyclic) bond motifs is 1. The highest BCUT2D eigenvalue weighted by Crippen LogP contribution is 2.42. The number of ether oxygens (including phenoxy) is 6. The molecule has 13 nitrogen and oxygen atoms in total. The summed E-state index contributed by atoms with van der Waals surface area (Å²) in [4.78, 5) is 70.5. The molecule has 0 saturated carbocycles. The molecule has 0 bridgehead atoms. The zero-order valence-corrected chi connectivity index (χ0v) is 33.1. The number of halogens is 1. The number of hydrogen-bond acceptors (Lipinski definition) is 12. The van der Waals surface area contributed by atoms with Crippen molar-refractivity contribution in [2.24, 2.45) is 17.8 Å². The van der Waals surface area contributed by atoms with E-state index in [0.717, 1.165) is 6.92 Å². The Hall–Kier alpha value is -3.72. The standard InChI is InChI=1S/C40H57FN2O11/c1-12-19-49-39(8)21-38(7,41)32(45)25(6)31-40(9,54-37(48)42-31)28(13-2)51-34(46)24(5)29(44)23(4)33(39)53-36-30(27(43(10)11)20-22(3)50-36)52-35(47)26-17-15-14-16-18-26/h12,14-18,22-25,27-28,30-31,33,36H,1,13,19-21H2,2-11H3,(H,42,48)/t22-,23+,24-,25+,27+,28-,30-,31-,33-,36+,38+,39-,40-/m1/s1. The van der Waals surface area contributed by atoms with Crippen molar-refractivity contribution in [3.8, 4) is 0 Å². The Kier molecular flexibility index (Phi) is 13.5. The van der Waals surface area contributed by atoms with Gasteiger partial charge in [0, 0.05) is 18.3 Å². The molecule has 1 amide bonds. The van der Waals surface area contributed by atoms with E-state index in [4.69, 9.17) is 28.4 Å². The fourth-order valence-corrected chi connectivity index (χ4v) is 8.28. The van der Waals surface area contributed by atoms with Crippen LogP contribution >= 0.6 is 0 Å². The molecule has 0 radical (unpaired) electrons. The monoisotopic (exact) mass is 760 g/mol. The fraction of sp³-hybridized carbons (Fsp3) is 0.675. The summed E-state index contributed by atoms with van der Waals surface area (Å²) in [5.74, 6) is -6.75. The number of nitrogens with one attached hydrogen (secondary N) is 1. The average Bonchev–Trinajstić information content (AvgIpc) is 3.44. The van der Waals surface area contributed by atoms with E-state index in [0.29, 0.717) is 12.0 Å². The summed E-state index contributed by atoms with van der Waals surface area (Å²) in [6.07, 6.45) is -4.66. The third kappa shape index (κ3) is 8.87. The van der Waals surface area contributed by atoms with E-state index in [1.165, 1.54) is 40.7 Å². The Bertz CT molecular complexity index is 1550. The molecule has 0 aromatic heterocycles. The number of Topliss-reactive ketones (excluding diaryl/α,β-unsaturated/α-hetero) is 2. The van der Waals surface area contributed by atoms with Crippen molar-refractivity contribution in [3.05, 3.63) is 48.6 Å². The third-order valence-corrected chi connectivity index (χ3v) is 11.2. The molecule has 54 heavy (non-hydrogen) atoms. The lowest BCUT2D eigenvalue weighted by Crippen LogP contribution is -2.62. The van der Waals surface area contributed by atoms with Crippen molar-refractivity contribution in [2.75, 3.05) is 20.7 Å². The molecule has 0 aliphatic carbocycles. The van der Waals surface area contributed by atoms with Crippen LogP contribution in [0.15, 0.2) is 43.0 Å². The predicted octanol–water partition coefficient (Wildman–Crippen LogP) is 4.99. The lowest BCUT2D eigenvalue weighted by Gasteiger charge is -2.48. The fourth-order valence-electron chi connectivity index (χ4n) is 8.28. The van der Waals surface area contributed by atoms with Crippen molar-refractivity contribution in [1.29, 1.82) is 0 Å². The summed E-state index contributed by atoms with van der Waals surface area (Å²) in [6, 6.07) is 6.90. The van der Waals surface area contributed by atoms with Gasteiger partial charge in [-0.1, -0.05) is 45.0 Å². The molecule has 1 aromatic rings. The molecule has 3 aliphatic rings. The second-order valence-electron chi connectivity index (χ2n) is 15.8. The van der Waals surface area contributed by atoms with Gasteiger partial charge in [-0.2, -0.15) is 0 Å². The highest BCUT2D eigenvalue weighted by molar-refractivity contribution is 6.00. The van der Waals surface area contributed by atoms with Crippen LogP contribution in [0.4, 0.5) is 9.18 Å². The van der Waals surface area contributed by atoms with Crippen LogP contribution in [-0.2, 0) is 42.8 Å². The van der Waals surface area contributed by atoms with Crippen LogP contribution in [0.1, 0.15) is 85.0 Å². The Morgan fingerprint density at radius 2 is 1.70 bits per heavy atom. The van der Waals surface area contributed by atoms with Crippen LogP contribution in [0.2, 0.25) is 0 Å². The molecule has 4 rings (SSSR count). The molecule has 13 atom stereocenters. The number of rotatable bonds is 9. The summed E-state index contributed by atoms with van der Waals surface area (Å²) in [5.41, 5.74) is -5.67. The van der Waals surface area contributed by atoms with Gasteiger partial charge in [-0.05, 0) is 73.7 Å². The first kappa shape index (κ1) is 43.0. The number of cyclic esters (lactones) is 1. The maximum Gasteiger partial charge on any atom is 0.408 e. The number of nitrogens with zero attached hydrogens (tertiary/aromatic N) is 1. The first-order valence-corrected chi connectivity index (χ1v) is 18.7. The Labute approximate surface area is 317 Å². The molecule has 0 spiro atoms. The minimum Gasteiger partial charge on any atom is -0.458 e. The first-order chi connectivity index (χ1) is 25.2. The van der Waals surface area contributed by atoms with Gasteiger partial charge < -0.3 is 38.6 Å². The minimum atomic E-state index is -2.63. The molecular formula is C40H57FN2O11. The summed E-state index contributed by atoms with van der Waals surface area (Å²) < 4.78 is 54.3. The maximum atomic E-state index is 17.3. The number of carbonyl (C=O) groups is 5. The Morgan fingerprint density at radius 1 is 1.06 bits per heavy atom. The van der Waals surface area contributed by atoms with Gasteiger partial charge >= 0.3 is 18.0 Å². The van der Waals surface area contributed by atoms with E-state index < -0.39 is 113 Å². The van der Waals surface area contributed by atoms with Crippen molar-refractivity contribution >= 4 is 29.6 Å². The Balaban J connectivity index is 1.86. The molecule has 1 aromatic carbocycles. The minimum absolute atomic E-state index is 0.133. The van der Waals surface area contributed by atoms with Crippen LogP contribution < -0.4 is 5.32 Å². The van der Waals surface area contributed by atoms with Gasteiger partial charge in [0.15, 0.2) is 35.2 Å². The zero-order valence-electron chi connectivity index (χ0n) is 33.1. The van der Waals surface area contributed by atoms with Gasteiger partial charge in [-0.25, -0.2) is 14.0 Å². The summed E-state index contributed by atoms with van der Waals surface area (Å²) in [7, 11) is 3.66. The van der Waals surface area contributed by atoms with Crippen LogP contribution in [0.3, 0.4) is 0 Å². The molecule has 3 aliphatic heterocycles. The smallest absolute Gasteiger partial charge is 0.408 e. The highest BCUT2D eigenvalue weighted by Gasteiger charge is 2.60. The van der Waals surface area contributed by atoms with E-state index in [1.807, 2.05) is 25.9 Å². The second kappa shape index (κ2) is 17.0. The highest BCUT2D eigenvalue weighted by atomic mass is 19.1. The normalized spacial score (nSPS) is 39.5. The van der Waals surface area contributed by atoms with Crippen LogP contribution in [0.5, 0.6) is 0 Å². The summed E-state index contributed by atoms with van der Waals surface area (Å²) in [5, 5.41) is 2.63. The number of likely N-dealkylation sites (N-methyl/N-ethyl adjacent to an activating group) is 1. The largest absolute Gasteiger partial charge is 0.458 e. The van der Waals surface area contributed by atoms with Crippen LogP contribution in [0.25, 0.3) is 0 Å². The number of amides is 1. The number of hydrogen-bond donors (Lipinski definition) is 1. The van der Waals surface area contributed by atoms with Gasteiger partial charge in [-0.3, -0.25) is 14.4 Å². The lowest BCUT2D eigenvalue weighted by molar-refractivity contribution is -0.297. The number of carbonyl (C=O) groups excluding carboxylic acids is 5.